The molecule has 0 aliphatic rings. The van der Waals surface area contributed by atoms with Gasteiger partial charge in [0.25, 0.3) is 0 Å². The van der Waals surface area contributed by atoms with Crippen molar-refractivity contribution in [1.82, 2.24) is 10.3 Å². The summed E-state index contributed by atoms with van der Waals surface area (Å²) in [5.41, 5.74) is 1.95. The van der Waals surface area contributed by atoms with E-state index in [-0.39, 0.29) is 0 Å². The number of nitrogens with zero attached hydrogens (tertiary/aromatic N) is 1. The molecule has 3 nitrogen and oxygen atoms in total. The third kappa shape index (κ3) is 3.58. The molecule has 1 aromatic carbocycles. The number of halogens is 1. The van der Waals surface area contributed by atoms with Gasteiger partial charge in [0, 0.05) is 12.0 Å². The van der Waals surface area contributed by atoms with Crippen molar-refractivity contribution in [2.75, 3.05) is 13.1 Å². The highest BCUT2D eigenvalue weighted by atomic mass is 35.5. The second-order valence-corrected chi connectivity index (χ2v) is 4.89. The van der Waals surface area contributed by atoms with Gasteiger partial charge in [-0.1, -0.05) is 30.7 Å². The predicted molar refractivity (Wildman–Crippen MR) is 78.6 cm³/mol. The molecular formula is C15H19ClN2O. The van der Waals surface area contributed by atoms with Gasteiger partial charge in [0.05, 0.1) is 11.2 Å². The Kier molecular flexibility index (Phi) is 5.00. The molecule has 2 aromatic rings. The zero-order chi connectivity index (χ0) is 13.7. The molecule has 0 saturated heterocycles. The van der Waals surface area contributed by atoms with Crippen LogP contribution < -0.4 is 5.32 Å². The van der Waals surface area contributed by atoms with Crippen LogP contribution >= 0.6 is 11.6 Å². The molecule has 0 amide bonds. The molecule has 0 fully saturated rings. The number of oxazole rings is 1. The Morgan fingerprint density at radius 1 is 1.37 bits per heavy atom. The SMILES string of the molecule is CCNCCCc1ncc(-c2cccc(C)c2Cl)o1. The van der Waals surface area contributed by atoms with Crippen LogP contribution in [0.15, 0.2) is 28.8 Å². The highest BCUT2D eigenvalue weighted by molar-refractivity contribution is 6.33. The summed E-state index contributed by atoms with van der Waals surface area (Å²) >= 11 is 6.28. The summed E-state index contributed by atoms with van der Waals surface area (Å²) in [5, 5.41) is 4.02. The molecule has 1 N–H and O–H groups in total. The van der Waals surface area contributed by atoms with Crippen LogP contribution in [0.1, 0.15) is 24.8 Å². The van der Waals surface area contributed by atoms with Crippen LogP contribution in [0.25, 0.3) is 11.3 Å². The van der Waals surface area contributed by atoms with Gasteiger partial charge in [-0.05, 0) is 38.1 Å². The maximum absolute atomic E-state index is 6.28. The monoisotopic (exact) mass is 278 g/mol. The van der Waals surface area contributed by atoms with Crippen LogP contribution in [0.2, 0.25) is 5.02 Å². The molecule has 0 saturated carbocycles. The second-order valence-electron chi connectivity index (χ2n) is 4.51. The molecule has 0 unspecified atom stereocenters. The van der Waals surface area contributed by atoms with E-state index in [1.807, 2.05) is 25.1 Å². The highest BCUT2D eigenvalue weighted by Gasteiger charge is 2.10. The number of aryl methyl sites for hydroxylation is 2. The first-order valence-electron chi connectivity index (χ1n) is 6.63. The van der Waals surface area contributed by atoms with E-state index >= 15 is 0 Å². The molecule has 0 bridgehead atoms. The number of benzene rings is 1. The molecule has 0 aliphatic heterocycles. The topological polar surface area (TPSA) is 38.1 Å². The molecule has 0 radical (unpaired) electrons. The molecule has 0 spiro atoms. The minimum Gasteiger partial charge on any atom is -0.441 e. The Morgan fingerprint density at radius 3 is 3.00 bits per heavy atom. The van der Waals surface area contributed by atoms with Gasteiger partial charge < -0.3 is 9.73 Å². The van der Waals surface area contributed by atoms with Crippen LogP contribution in [0.3, 0.4) is 0 Å². The van der Waals surface area contributed by atoms with Gasteiger partial charge in [-0.25, -0.2) is 4.98 Å². The van der Waals surface area contributed by atoms with Gasteiger partial charge in [0.2, 0.25) is 0 Å². The molecule has 0 atom stereocenters. The molecule has 1 heterocycles. The maximum Gasteiger partial charge on any atom is 0.194 e. The van der Waals surface area contributed by atoms with E-state index in [4.69, 9.17) is 16.0 Å². The van der Waals surface area contributed by atoms with E-state index in [2.05, 4.69) is 17.2 Å². The number of aromatic nitrogens is 1. The Bertz CT molecular complexity index is 537. The van der Waals surface area contributed by atoms with E-state index in [0.29, 0.717) is 0 Å². The minimum atomic E-state index is 0.734. The van der Waals surface area contributed by atoms with Crippen molar-refractivity contribution >= 4 is 11.6 Å². The highest BCUT2D eigenvalue weighted by Crippen LogP contribution is 2.30. The van der Waals surface area contributed by atoms with E-state index in [1.54, 1.807) is 6.20 Å². The van der Waals surface area contributed by atoms with Crippen molar-refractivity contribution < 1.29 is 4.42 Å². The summed E-state index contributed by atoms with van der Waals surface area (Å²) in [4.78, 5) is 4.31. The fourth-order valence-electron chi connectivity index (χ4n) is 1.93. The van der Waals surface area contributed by atoms with Crippen molar-refractivity contribution in [3.8, 4) is 11.3 Å². The molecule has 19 heavy (non-hydrogen) atoms. The summed E-state index contributed by atoms with van der Waals surface area (Å²) < 4.78 is 5.76. The van der Waals surface area contributed by atoms with E-state index in [1.165, 1.54) is 0 Å². The minimum absolute atomic E-state index is 0.734. The third-order valence-electron chi connectivity index (χ3n) is 3.01. The third-order valence-corrected chi connectivity index (χ3v) is 3.51. The van der Waals surface area contributed by atoms with Crippen molar-refractivity contribution in [3.63, 3.8) is 0 Å². The molecule has 2 rings (SSSR count). The summed E-state index contributed by atoms with van der Waals surface area (Å²) in [6.45, 7) is 6.07. The molecule has 4 heteroatoms. The van der Waals surface area contributed by atoms with Crippen molar-refractivity contribution in [2.45, 2.75) is 26.7 Å². The average Bonchev–Trinajstić information content (AvgIpc) is 2.87. The number of hydrogen-bond donors (Lipinski definition) is 1. The number of rotatable bonds is 6. The van der Waals surface area contributed by atoms with Gasteiger partial charge >= 0.3 is 0 Å². The van der Waals surface area contributed by atoms with Crippen molar-refractivity contribution in [1.29, 1.82) is 0 Å². The predicted octanol–water partition coefficient (Wildman–Crippen LogP) is 3.85. The normalized spacial score (nSPS) is 10.9. The van der Waals surface area contributed by atoms with E-state index in [9.17, 15) is 0 Å². The smallest absolute Gasteiger partial charge is 0.194 e. The Morgan fingerprint density at radius 2 is 2.21 bits per heavy atom. The Hall–Kier alpha value is -1.32. The summed E-state index contributed by atoms with van der Waals surface area (Å²) in [7, 11) is 0. The van der Waals surface area contributed by atoms with Crippen molar-refractivity contribution in [2.24, 2.45) is 0 Å². The first kappa shape index (κ1) is 14.1. The number of nitrogens with one attached hydrogen (secondary N) is 1. The van der Waals surface area contributed by atoms with E-state index in [0.717, 1.165) is 53.7 Å². The summed E-state index contributed by atoms with van der Waals surface area (Å²) in [5.74, 6) is 1.51. The fourth-order valence-corrected chi connectivity index (χ4v) is 2.15. The van der Waals surface area contributed by atoms with Crippen LogP contribution in [-0.4, -0.2) is 18.1 Å². The lowest BCUT2D eigenvalue weighted by Gasteiger charge is -2.03. The van der Waals surface area contributed by atoms with Gasteiger partial charge in [-0.3, -0.25) is 0 Å². The molecule has 102 valence electrons. The Labute approximate surface area is 119 Å². The van der Waals surface area contributed by atoms with Gasteiger partial charge in [0.1, 0.15) is 0 Å². The first-order chi connectivity index (χ1) is 9.22. The lowest BCUT2D eigenvalue weighted by atomic mass is 10.1. The van der Waals surface area contributed by atoms with Crippen LogP contribution in [0.5, 0.6) is 0 Å². The van der Waals surface area contributed by atoms with Crippen LogP contribution in [0.4, 0.5) is 0 Å². The molecule has 1 aromatic heterocycles. The van der Waals surface area contributed by atoms with Gasteiger partial charge in [-0.2, -0.15) is 0 Å². The zero-order valence-corrected chi connectivity index (χ0v) is 12.1. The first-order valence-corrected chi connectivity index (χ1v) is 7.01. The average molecular weight is 279 g/mol. The molecular weight excluding hydrogens is 260 g/mol. The van der Waals surface area contributed by atoms with Gasteiger partial charge in [0.15, 0.2) is 11.7 Å². The number of hydrogen-bond acceptors (Lipinski definition) is 3. The zero-order valence-electron chi connectivity index (χ0n) is 11.4. The standard InChI is InChI=1S/C15H19ClN2O/c1-3-17-9-5-8-14-18-10-13(19-14)12-7-4-6-11(2)15(12)16/h4,6-7,10,17H,3,5,8-9H2,1-2H3. The quantitative estimate of drug-likeness (QED) is 0.816. The fraction of sp³-hybridized carbons (Fsp3) is 0.400. The lowest BCUT2D eigenvalue weighted by Crippen LogP contribution is -2.14. The van der Waals surface area contributed by atoms with Crippen molar-refractivity contribution in [3.05, 3.63) is 40.9 Å². The van der Waals surface area contributed by atoms with Crippen LogP contribution in [-0.2, 0) is 6.42 Å². The largest absolute Gasteiger partial charge is 0.441 e. The maximum atomic E-state index is 6.28. The van der Waals surface area contributed by atoms with Gasteiger partial charge in [-0.15, -0.1) is 0 Å². The second kappa shape index (κ2) is 6.73. The summed E-state index contributed by atoms with van der Waals surface area (Å²) in [6, 6.07) is 5.92. The molecule has 0 aliphatic carbocycles. The van der Waals surface area contributed by atoms with Crippen LogP contribution in [0, 0.1) is 6.92 Å². The van der Waals surface area contributed by atoms with E-state index < -0.39 is 0 Å². The Balaban J connectivity index is 2.06. The summed E-state index contributed by atoms with van der Waals surface area (Å²) in [6.07, 6.45) is 3.62. The lowest BCUT2D eigenvalue weighted by molar-refractivity contribution is 0.493.